The van der Waals surface area contributed by atoms with Gasteiger partial charge in [0.1, 0.15) is 5.75 Å². The van der Waals surface area contributed by atoms with Gasteiger partial charge in [0.25, 0.3) is 0 Å². The third-order valence-electron chi connectivity index (χ3n) is 8.72. The fourth-order valence-corrected chi connectivity index (χ4v) is 6.33. The molecular formula is C31H52O. The molecule has 0 bridgehead atoms. The summed E-state index contributed by atoms with van der Waals surface area (Å²) in [6.45, 7) is 5.64. The lowest BCUT2D eigenvalue weighted by molar-refractivity contribution is 0.217. The molecule has 0 N–H and O–H groups in total. The van der Waals surface area contributed by atoms with Gasteiger partial charge in [0, 0.05) is 0 Å². The third kappa shape index (κ3) is 9.48. The second-order valence-corrected chi connectivity index (χ2v) is 11.3. The van der Waals surface area contributed by atoms with E-state index >= 15 is 0 Å². The highest BCUT2D eigenvalue weighted by atomic mass is 16.5. The average molecular weight is 441 g/mol. The van der Waals surface area contributed by atoms with Crippen molar-refractivity contribution >= 4 is 0 Å². The number of hydrogen-bond acceptors (Lipinski definition) is 1. The maximum absolute atomic E-state index is 6.05. The van der Waals surface area contributed by atoms with Crippen LogP contribution in [0, 0.1) is 23.7 Å². The fourth-order valence-electron chi connectivity index (χ4n) is 6.33. The average Bonchev–Trinajstić information content (AvgIpc) is 2.83. The zero-order chi connectivity index (χ0) is 22.4. The van der Waals surface area contributed by atoms with Gasteiger partial charge in [-0.05, 0) is 67.1 Å². The maximum Gasteiger partial charge on any atom is 0.119 e. The molecule has 1 aromatic rings. The van der Waals surface area contributed by atoms with Crippen molar-refractivity contribution in [3.8, 4) is 5.75 Å². The molecule has 0 aliphatic heterocycles. The van der Waals surface area contributed by atoms with Crippen molar-refractivity contribution in [2.75, 3.05) is 6.61 Å². The molecule has 2 atom stereocenters. The molecule has 1 nitrogen and oxygen atoms in total. The molecule has 0 saturated heterocycles. The van der Waals surface area contributed by atoms with E-state index in [2.05, 4.69) is 38.1 Å². The number of ether oxygens (including phenoxy) is 1. The Bertz CT molecular complexity index is 583. The summed E-state index contributed by atoms with van der Waals surface area (Å²) in [5.41, 5.74) is 1.49. The second kappa shape index (κ2) is 15.0. The molecule has 2 aliphatic rings. The van der Waals surface area contributed by atoms with Crippen LogP contribution >= 0.6 is 0 Å². The van der Waals surface area contributed by atoms with Crippen LogP contribution in [0.1, 0.15) is 129 Å². The molecule has 0 radical (unpaired) electrons. The standard InChI is InChI=1S/C31H52O/c1-3-4-5-6-7-12-27-15-17-28(18-16-27)19-20-29-21-23-31(24-22-29)32-25-10-14-30-13-9-8-11-26(30)2/h21-24,26-28,30H,3-20,25H2,1-2H3. The summed E-state index contributed by atoms with van der Waals surface area (Å²) in [5.74, 6) is 4.92. The lowest BCUT2D eigenvalue weighted by atomic mass is 9.77. The van der Waals surface area contributed by atoms with E-state index in [1.807, 2.05) is 0 Å². The molecule has 0 heterocycles. The Labute approximate surface area is 200 Å². The van der Waals surface area contributed by atoms with Gasteiger partial charge in [-0.3, -0.25) is 0 Å². The number of benzene rings is 1. The predicted octanol–water partition coefficient (Wildman–Crippen LogP) is 9.77. The molecule has 182 valence electrons. The van der Waals surface area contributed by atoms with Crippen molar-refractivity contribution in [1.29, 1.82) is 0 Å². The summed E-state index contributed by atoms with van der Waals surface area (Å²) in [7, 11) is 0. The Morgan fingerprint density at radius 3 is 2.12 bits per heavy atom. The fraction of sp³-hybridized carbons (Fsp3) is 0.806. The monoisotopic (exact) mass is 440 g/mol. The first-order valence-electron chi connectivity index (χ1n) is 14.5. The van der Waals surface area contributed by atoms with E-state index in [0.717, 1.165) is 36.0 Å². The van der Waals surface area contributed by atoms with E-state index in [1.54, 1.807) is 0 Å². The highest BCUT2D eigenvalue weighted by Crippen LogP contribution is 2.35. The van der Waals surface area contributed by atoms with Crippen LogP contribution in [0.2, 0.25) is 0 Å². The Kier molecular flexibility index (Phi) is 12.0. The Morgan fingerprint density at radius 1 is 0.719 bits per heavy atom. The highest BCUT2D eigenvalue weighted by Gasteiger charge is 2.21. The molecule has 32 heavy (non-hydrogen) atoms. The van der Waals surface area contributed by atoms with Crippen LogP contribution in [-0.4, -0.2) is 6.61 Å². The van der Waals surface area contributed by atoms with Crippen LogP contribution < -0.4 is 4.74 Å². The van der Waals surface area contributed by atoms with Gasteiger partial charge in [-0.25, -0.2) is 0 Å². The van der Waals surface area contributed by atoms with Crippen LogP contribution in [0.15, 0.2) is 24.3 Å². The molecule has 0 amide bonds. The van der Waals surface area contributed by atoms with E-state index in [4.69, 9.17) is 4.74 Å². The molecule has 2 saturated carbocycles. The third-order valence-corrected chi connectivity index (χ3v) is 8.72. The molecule has 0 aromatic heterocycles. The Hall–Kier alpha value is -0.980. The van der Waals surface area contributed by atoms with E-state index in [-0.39, 0.29) is 0 Å². The van der Waals surface area contributed by atoms with Crippen LogP contribution in [0.4, 0.5) is 0 Å². The minimum atomic E-state index is 0.879. The van der Waals surface area contributed by atoms with Crippen LogP contribution in [0.25, 0.3) is 0 Å². The summed E-state index contributed by atoms with van der Waals surface area (Å²) < 4.78 is 6.05. The Balaban J connectivity index is 1.23. The van der Waals surface area contributed by atoms with Gasteiger partial charge < -0.3 is 4.74 Å². The second-order valence-electron chi connectivity index (χ2n) is 11.3. The quantitative estimate of drug-likeness (QED) is 0.261. The van der Waals surface area contributed by atoms with Crippen molar-refractivity contribution in [2.45, 2.75) is 129 Å². The first-order chi connectivity index (χ1) is 15.7. The van der Waals surface area contributed by atoms with Gasteiger partial charge in [-0.2, -0.15) is 0 Å². The topological polar surface area (TPSA) is 9.23 Å². The maximum atomic E-state index is 6.05. The zero-order valence-corrected chi connectivity index (χ0v) is 21.5. The lowest BCUT2D eigenvalue weighted by Crippen LogP contribution is -2.17. The first-order valence-corrected chi connectivity index (χ1v) is 14.5. The largest absolute Gasteiger partial charge is 0.494 e. The molecule has 1 aromatic carbocycles. The predicted molar refractivity (Wildman–Crippen MR) is 139 cm³/mol. The number of hydrogen-bond donors (Lipinski definition) is 0. The summed E-state index contributed by atoms with van der Waals surface area (Å²) in [6.07, 6.45) is 25.6. The van der Waals surface area contributed by atoms with Crippen molar-refractivity contribution < 1.29 is 4.74 Å². The molecule has 2 unspecified atom stereocenters. The van der Waals surface area contributed by atoms with Gasteiger partial charge in [-0.15, -0.1) is 0 Å². The van der Waals surface area contributed by atoms with Crippen molar-refractivity contribution in [1.82, 2.24) is 0 Å². The molecule has 2 aliphatic carbocycles. The highest BCUT2D eigenvalue weighted by molar-refractivity contribution is 5.27. The van der Waals surface area contributed by atoms with Crippen molar-refractivity contribution in [2.24, 2.45) is 23.7 Å². The van der Waals surface area contributed by atoms with Gasteiger partial charge >= 0.3 is 0 Å². The summed E-state index contributed by atoms with van der Waals surface area (Å²) in [4.78, 5) is 0. The van der Waals surface area contributed by atoms with Gasteiger partial charge in [0.05, 0.1) is 6.61 Å². The molecular weight excluding hydrogens is 388 g/mol. The normalized spacial score (nSPS) is 26.2. The number of unbranched alkanes of at least 4 members (excludes halogenated alkanes) is 4. The lowest BCUT2D eigenvalue weighted by Gasteiger charge is -2.28. The zero-order valence-electron chi connectivity index (χ0n) is 21.5. The van der Waals surface area contributed by atoms with Crippen LogP contribution in [0.5, 0.6) is 5.75 Å². The Morgan fingerprint density at radius 2 is 1.41 bits per heavy atom. The minimum absolute atomic E-state index is 0.879. The van der Waals surface area contributed by atoms with Gasteiger partial charge in [0.2, 0.25) is 0 Å². The summed E-state index contributed by atoms with van der Waals surface area (Å²) >= 11 is 0. The molecule has 1 heteroatoms. The molecule has 0 spiro atoms. The smallest absolute Gasteiger partial charge is 0.119 e. The van der Waals surface area contributed by atoms with E-state index in [9.17, 15) is 0 Å². The SMILES string of the molecule is CCCCCCCC1CCC(CCc2ccc(OCCCC3CCCCC3C)cc2)CC1. The summed E-state index contributed by atoms with van der Waals surface area (Å²) in [5, 5.41) is 0. The number of aryl methyl sites for hydroxylation is 1. The molecule has 3 rings (SSSR count). The van der Waals surface area contributed by atoms with E-state index in [1.165, 1.54) is 121 Å². The van der Waals surface area contributed by atoms with Crippen LogP contribution in [-0.2, 0) is 6.42 Å². The summed E-state index contributed by atoms with van der Waals surface area (Å²) in [6, 6.07) is 9.02. The minimum Gasteiger partial charge on any atom is -0.494 e. The first kappa shape index (κ1) is 25.6. The van der Waals surface area contributed by atoms with Gasteiger partial charge in [0.15, 0.2) is 0 Å². The molecule has 2 fully saturated rings. The van der Waals surface area contributed by atoms with Gasteiger partial charge in [-0.1, -0.05) is 116 Å². The van der Waals surface area contributed by atoms with Crippen LogP contribution in [0.3, 0.4) is 0 Å². The van der Waals surface area contributed by atoms with E-state index in [0.29, 0.717) is 0 Å². The number of rotatable bonds is 14. The van der Waals surface area contributed by atoms with Crippen molar-refractivity contribution in [3.05, 3.63) is 29.8 Å². The van der Waals surface area contributed by atoms with E-state index < -0.39 is 0 Å². The van der Waals surface area contributed by atoms with Crippen molar-refractivity contribution in [3.63, 3.8) is 0 Å².